The lowest BCUT2D eigenvalue weighted by Crippen LogP contribution is -2.05. The highest BCUT2D eigenvalue weighted by Gasteiger charge is 2.01. The second kappa shape index (κ2) is 18.8. The zero-order valence-corrected chi connectivity index (χ0v) is 15.3. The van der Waals surface area contributed by atoms with E-state index in [9.17, 15) is 4.79 Å². The molecule has 0 N–H and O–H groups in total. The van der Waals surface area contributed by atoms with Gasteiger partial charge < -0.3 is 4.74 Å². The number of halogens is 1. The number of esters is 1. The number of carbonyl (C=O) groups excluding carboxylic acids is 1. The molecule has 22 heavy (non-hydrogen) atoms. The van der Waals surface area contributed by atoms with Crippen molar-refractivity contribution in [3.05, 3.63) is 0 Å². The number of hydrogen-bond donors (Lipinski definition) is 0. The molecule has 0 fully saturated rings. The second-order valence-electron chi connectivity index (χ2n) is 6.13. The van der Waals surface area contributed by atoms with Gasteiger partial charge in [-0.3, -0.25) is 4.79 Å². The number of unbranched alkanes of at least 4 members (excludes halogenated alkanes) is 12. The molecule has 0 saturated carbocycles. The van der Waals surface area contributed by atoms with Gasteiger partial charge in [-0.1, -0.05) is 84.0 Å². The molecular formula is C19H37ClO2. The van der Waals surface area contributed by atoms with Crippen LogP contribution in [0, 0.1) is 0 Å². The topological polar surface area (TPSA) is 26.3 Å². The SMILES string of the molecule is [2H]C(CCCl)OC(=O)CCCCCCCCCCCCCCC. The summed E-state index contributed by atoms with van der Waals surface area (Å²) in [5.74, 6) is 0.110. The summed E-state index contributed by atoms with van der Waals surface area (Å²) in [6.07, 6.45) is 17.7. The highest BCUT2D eigenvalue weighted by atomic mass is 35.5. The van der Waals surface area contributed by atoms with Gasteiger partial charge >= 0.3 is 5.97 Å². The van der Waals surface area contributed by atoms with Crippen molar-refractivity contribution < 1.29 is 10.9 Å². The first-order valence-corrected chi connectivity index (χ1v) is 9.91. The summed E-state index contributed by atoms with van der Waals surface area (Å²) in [6.45, 7) is 1.47. The summed E-state index contributed by atoms with van der Waals surface area (Å²) in [5.41, 5.74) is 0. The predicted molar refractivity (Wildman–Crippen MR) is 96.6 cm³/mol. The van der Waals surface area contributed by atoms with Gasteiger partial charge in [-0.15, -0.1) is 11.6 Å². The molecule has 0 aliphatic carbocycles. The Labute approximate surface area is 144 Å². The second-order valence-corrected chi connectivity index (χ2v) is 6.50. The third kappa shape index (κ3) is 17.8. The van der Waals surface area contributed by atoms with E-state index >= 15 is 0 Å². The van der Waals surface area contributed by atoms with Gasteiger partial charge in [0, 0.05) is 12.3 Å². The van der Waals surface area contributed by atoms with Crippen LogP contribution in [0.5, 0.6) is 0 Å². The van der Waals surface area contributed by atoms with E-state index in [1.807, 2.05) is 0 Å². The van der Waals surface area contributed by atoms with Gasteiger partial charge in [0.1, 0.15) is 0 Å². The van der Waals surface area contributed by atoms with Crippen LogP contribution >= 0.6 is 11.6 Å². The molecule has 1 unspecified atom stereocenters. The van der Waals surface area contributed by atoms with Crippen LogP contribution in [-0.4, -0.2) is 18.4 Å². The minimum absolute atomic E-state index is 0.252. The number of ether oxygens (including phenoxy) is 1. The normalized spacial score (nSPS) is 12.9. The summed E-state index contributed by atoms with van der Waals surface area (Å²) in [7, 11) is 0. The Morgan fingerprint density at radius 3 is 1.73 bits per heavy atom. The van der Waals surface area contributed by atoms with Gasteiger partial charge in [0.2, 0.25) is 0 Å². The molecule has 0 spiro atoms. The maximum atomic E-state index is 11.4. The zero-order valence-electron chi connectivity index (χ0n) is 15.6. The lowest BCUT2D eigenvalue weighted by atomic mass is 10.0. The molecule has 0 rings (SSSR count). The molecule has 0 bridgehead atoms. The van der Waals surface area contributed by atoms with Crippen molar-refractivity contribution in [2.24, 2.45) is 0 Å². The first-order chi connectivity index (χ1) is 11.2. The maximum absolute atomic E-state index is 11.4. The highest BCUT2D eigenvalue weighted by Crippen LogP contribution is 2.13. The Morgan fingerprint density at radius 1 is 0.818 bits per heavy atom. The van der Waals surface area contributed by atoms with E-state index in [4.69, 9.17) is 17.7 Å². The molecule has 2 nitrogen and oxygen atoms in total. The van der Waals surface area contributed by atoms with Crippen molar-refractivity contribution in [2.45, 2.75) is 103 Å². The van der Waals surface area contributed by atoms with E-state index in [1.54, 1.807) is 0 Å². The van der Waals surface area contributed by atoms with Crippen molar-refractivity contribution >= 4 is 17.6 Å². The van der Waals surface area contributed by atoms with Gasteiger partial charge in [0.15, 0.2) is 0 Å². The predicted octanol–water partition coefficient (Wildman–Crippen LogP) is 6.64. The van der Waals surface area contributed by atoms with Crippen LogP contribution in [-0.2, 0) is 9.53 Å². The maximum Gasteiger partial charge on any atom is 0.305 e. The molecule has 3 heteroatoms. The van der Waals surface area contributed by atoms with Crippen molar-refractivity contribution in [3.8, 4) is 0 Å². The third-order valence-electron chi connectivity index (χ3n) is 3.93. The first kappa shape index (κ1) is 19.8. The molecule has 0 amide bonds. The number of carbonyl (C=O) groups is 1. The van der Waals surface area contributed by atoms with Crippen LogP contribution in [0.3, 0.4) is 0 Å². The fourth-order valence-electron chi connectivity index (χ4n) is 2.54. The van der Waals surface area contributed by atoms with Crippen LogP contribution < -0.4 is 0 Å². The van der Waals surface area contributed by atoms with Crippen molar-refractivity contribution in [1.29, 1.82) is 0 Å². The van der Waals surface area contributed by atoms with E-state index in [0.717, 1.165) is 12.8 Å². The molecule has 0 aliphatic heterocycles. The van der Waals surface area contributed by atoms with Crippen LogP contribution in [0.4, 0.5) is 0 Å². The summed E-state index contributed by atoms with van der Waals surface area (Å²) >= 11 is 5.50. The Morgan fingerprint density at radius 2 is 1.27 bits per heavy atom. The number of alkyl halides is 1. The summed E-state index contributed by atoms with van der Waals surface area (Å²) in [6, 6.07) is 0. The highest BCUT2D eigenvalue weighted by molar-refractivity contribution is 6.17. The Kier molecular flexibility index (Phi) is 16.9. The van der Waals surface area contributed by atoms with Gasteiger partial charge in [-0.25, -0.2) is 0 Å². The fourth-order valence-corrected chi connectivity index (χ4v) is 2.63. The lowest BCUT2D eigenvalue weighted by Gasteiger charge is -2.04. The minimum Gasteiger partial charge on any atom is -0.466 e. The number of hydrogen-bond acceptors (Lipinski definition) is 2. The molecule has 1 atom stereocenters. The summed E-state index contributed by atoms with van der Waals surface area (Å²) in [4.78, 5) is 11.4. The van der Waals surface area contributed by atoms with Gasteiger partial charge in [0.05, 0.1) is 7.95 Å². The molecule has 132 valence electrons. The molecule has 0 radical (unpaired) electrons. The van der Waals surface area contributed by atoms with Crippen LogP contribution in [0.2, 0.25) is 0 Å². The molecule has 0 saturated heterocycles. The smallest absolute Gasteiger partial charge is 0.305 e. The largest absolute Gasteiger partial charge is 0.466 e. The standard InChI is InChI=1S/C19H37ClO2/c1-2-3-4-5-6-7-8-9-10-11-12-13-14-16-19(21)22-18-15-17-20/h2-18H2,1H3/i18D. The average Bonchev–Trinajstić information content (AvgIpc) is 2.52. The first-order valence-electron chi connectivity index (χ1n) is 9.96. The quantitative estimate of drug-likeness (QED) is 0.169. The molecule has 0 aromatic heterocycles. The molecule has 0 aliphatic rings. The van der Waals surface area contributed by atoms with Crippen molar-refractivity contribution in [1.82, 2.24) is 0 Å². The lowest BCUT2D eigenvalue weighted by molar-refractivity contribution is -0.143. The van der Waals surface area contributed by atoms with E-state index < -0.39 is 6.58 Å². The Bertz CT molecular complexity index is 262. The van der Waals surface area contributed by atoms with Crippen LogP contribution in [0.25, 0.3) is 0 Å². The van der Waals surface area contributed by atoms with E-state index in [2.05, 4.69) is 6.92 Å². The minimum atomic E-state index is -0.790. The Balaban J connectivity index is 3.17. The summed E-state index contributed by atoms with van der Waals surface area (Å²) in [5, 5.41) is 0. The van der Waals surface area contributed by atoms with Gasteiger partial charge in [-0.2, -0.15) is 0 Å². The van der Waals surface area contributed by atoms with Crippen LogP contribution in [0.15, 0.2) is 0 Å². The van der Waals surface area contributed by atoms with E-state index in [-0.39, 0.29) is 5.97 Å². The third-order valence-corrected chi connectivity index (χ3v) is 4.14. The van der Waals surface area contributed by atoms with Gasteiger partial charge in [-0.05, 0) is 12.8 Å². The van der Waals surface area contributed by atoms with Crippen LogP contribution in [0.1, 0.15) is 105 Å². The Hall–Kier alpha value is -0.240. The van der Waals surface area contributed by atoms with Crippen molar-refractivity contribution in [2.75, 3.05) is 12.5 Å². The molecule has 0 heterocycles. The zero-order chi connectivity index (χ0) is 17.2. The summed E-state index contributed by atoms with van der Waals surface area (Å²) < 4.78 is 12.4. The van der Waals surface area contributed by atoms with E-state index in [1.165, 1.54) is 70.6 Å². The van der Waals surface area contributed by atoms with Gasteiger partial charge in [0.25, 0.3) is 0 Å². The fraction of sp³-hybridized carbons (Fsp3) is 0.947. The molecular weight excluding hydrogens is 296 g/mol. The average molecular weight is 334 g/mol. The van der Waals surface area contributed by atoms with Crippen molar-refractivity contribution in [3.63, 3.8) is 0 Å². The number of rotatable bonds is 17. The van der Waals surface area contributed by atoms with E-state index in [0.29, 0.717) is 18.7 Å². The molecule has 0 aromatic carbocycles. The monoisotopic (exact) mass is 333 g/mol. The molecule has 0 aromatic rings.